The molecule has 12 nitrogen and oxygen atoms in total. The summed E-state index contributed by atoms with van der Waals surface area (Å²) in [5, 5.41) is 17.0. The average molecular weight is 664 g/mol. The molecule has 3 aromatic heterocycles. The van der Waals surface area contributed by atoms with E-state index >= 15 is 0 Å². The molecule has 252 valence electrons. The Hall–Kier alpha value is -4.10. The van der Waals surface area contributed by atoms with E-state index in [-0.39, 0.29) is 30.0 Å². The van der Waals surface area contributed by atoms with Crippen molar-refractivity contribution in [3.8, 4) is 11.3 Å². The maximum atomic E-state index is 14.1. The number of aromatic nitrogens is 4. The molecule has 5 rings (SSSR count). The molecule has 1 aromatic carbocycles. The molecule has 4 aromatic rings. The summed E-state index contributed by atoms with van der Waals surface area (Å²) in [7, 11) is 0. The van der Waals surface area contributed by atoms with Gasteiger partial charge in [-0.15, -0.1) is 0 Å². The van der Waals surface area contributed by atoms with E-state index in [0.717, 1.165) is 59.1 Å². The highest BCUT2D eigenvalue weighted by molar-refractivity contribution is 7.80. The van der Waals surface area contributed by atoms with Crippen LogP contribution in [0.3, 0.4) is 0 Å². The Kier molecular flexibility index (Phi) is 9.61. The van der Waals surface area contributed by atoms with E-state index in [1.165, 1.54) is 11.3 Å². The standard InChI is InChI=1S/C34H45N7O5S/c1-19(2)29-24-14-23(22-10-12-38(13-11-22)16-28(35)42)8-9-26(24)40(41(27(17-47)32(43)44)33(45)46-34(5,6)7)30(29)25-15-39-31(36-18-37-39)21(4)20(25)3/h8-9,14-15,18-19,22,27,47H,10-13,16-17H2,1-7H3,(H2,35,42)(H,43,44). The maximum Gasteiger partial charge on any atom is 0.430 e. The van der Waals surface area contributed by atoms with Gasteiger partial charge in [0.1, 0.15) is 11.9 Å². The highest BCUT2D eigenvalue weighted by Crippen LogP contribution is 2.43. The zero-order chi connectivity index (χ0) is 34.4. The number of hydrogen-bond acceptors (Lipinski definition) is 8. The molecule has 1 fully saturated rings. The van der Waals surface area contributed by atoms with Crippen molar-refractivity contribution >= 4 is 47.1 Å². The molecule has 0 aliphatic carbocycles. The van der Waals surface area contributed by atoms with Crippen LogP contribution in [0.2, 0.25) is 0 Å². The fourth-order valence-electron chi connectivity index (χ4n) is 6.64. The van der Waals surface area contributed by atoms with Crippen LogP contribution in [0, 0.1) is 13.8 Å². The fourth-order valence-corrected chi connectivity index (χ4v) is 6.95. The highest BCUT2D eigenvalue weighted by atomic mass is 32.1. The summed E-state index contributed by atoms with van der Waals surface area (Å²) >= 11 is 4.40. The van der Waals surface area contributed by atoms with Crippen molar-refractivity contribution < 1.29 is 24.2 Å². The van der Waals surface area contributed by atoms with Crippen molar-refractivity contribution in [1.82, 2.24) is 24.2 Å². The smallest absolute Gasteiger partial charge is 0.430 e. The number of aryl methyl sites for hydroxylation is 1. The topological polar surface area (TPSA) is 148 Å². The number of thiol groups is 1. The number of hydrogen-bond donors (Lipinski definition) is 3. The van der Waals surface area contributed by atoms with Gasteiger partial charge in [0.05, 0.1) is 17.8 Å². The summed E-state index contributed by atoms with van der Waals surface area (Å²) in [5.74, 6) is -1.44. The number of carbonyl (C=O) groups is 3. The molecule has 0 spiro atoms. The lowest BCUT2D eigenvalue weighted by Gasteiger charge is -2.33. The monoisotopic (exact) mass is 663 g/mol. The molecule has 2 amide bonds. The van der Waals surface area contributed by atoms with Gasteiger partial charge in [0.25, 0.3) is 0 Å². The van der Waals surface area contributed by atoms with E-state index in [1.807, 2.05) is 26.1 Å². The van der Waals surface area contributed by atoms with Crippen molar-refractivity contribution in [2.75, 3.05) is 30.4 Å². The van der Waals surface area contributed by atoms with Gasteiger partial charge in [0.2, 0.25) is 5.91 Å². The number of likely N-dealkylation sites (tertiary alicyclic amines) is 1. The van der Waals surface area contributed by atoms with Gasteiger partial charge in [-0.05, 0) is 107 Å². The number of aliphatic carboxylic acids is 1. The molecule has 47 heavy (non-hydrogen) atoms. The molecule has 1 atom stereocenters. The lowest BCUT2D eigenvalue weighted by molar-refractivity contribution is -0.138. The number of nitrogens with two attached hydrogens (primary N) is 1. The molecule has 1 aliphatic rings. The number of rotatable bonds is 9. The van der Waals surface area contributed by atoms with Gasteiger partial charge in [-0.2, -0.15) is 22.7 Å². The SMILES string of the molecule is Cc1c(-c2c(C(C)C)c3cc(C4CCN(CC(N)=O)CC4)ccc3n2N(C(=O)OC(C)(C)C)C(CS)C(=O)O)cn2ncnc2c1C. The van der Waals surface area contributed by atoms with Crippen LogP contribution in [0.25, 0.3) is 27.8 Å². The summed E-state index contributed by atoms with van der Waals surface area (Å²) in [6.45, 7) is 15.2. The number of ether oxygens (including phenoxy) is 1. The van der Waals surface area contributed by atoms with Crippen molar-refractivity contribution in [3.63, 3.8) is 0 Å². The number of primary amides is 1. The van der Waals surface area contributed by atoms with E-state index in [0.29, 0.717) is 16.9 Å². The summed E-state index contributed by atoms with van der Waals surface area (Å²) in [6, 6.07) is 4.87. The van der Waals surface area contributed by atoms with Crippen LogP contribution >= 0.6 is 12.6 Å². The van der Waals surface area contributed by atoms with Gasteiger partial charge in [-0.3, -0.25) is 9.69 Å². The van der Waals surface area contributed by atoms with Crippen LogP contribution in [0.4, 0.5) is 4.79 Å². The number of benzene rings is 1. The van der Waals surface area contributed by atoms with E-state index < -0.39 is 23.7 Å². The Labute approximate surface area is 280 Å². The number of piperidine rings is 1. The van der Waals surface area contributed by atoms with Gasteiger partial charge in [-0.1, -0.05) is 19.9 Å². The molecular weight excluding hydrogens is 618 g/mol. The first kappa shape index (κ1) is 34.2. The zero-order valence-corrected chi connectivity index (χ0v) is 29.0. The minimum Gasteiger partial charge on any atom is -0.480 e. The summed E-state index contributed by atoms with van der Waals surface area (Å²) in [4.78, 5) is 44.9. The second-order valence-electron chi connectivity index (χ2n) is 13.7. The summed E-state index contributed by atoms with van der Waals surface area (Å²) < 4.78 is 9.30. The summed E-state index contributed by atoms with van der Waals surface area (Å²) in [5.41, 5.74) is 11.4. The number of amides is 2. The molecule has 1 saturated heterocycles. The molecule has 3 N–H and O–H groups in total. The van der Waals surface area contributed by atoms with Crippen molar-refractivity contribution in [2.45, 2.75) is 84.8 Å². The molecule has 1 aliphatic heterocycles. The first-order valence-electron chi connectivity index (χ1n) is 16.0. The highest BCUT2D eigenvalue weighted by Gasteiger charge is 2.38. The van der Waals surface area contributed by atoms with Crippen LogP contribution in [0.15, 0.2) is 30.7 Å². The maximum absolute atomic E-state index is 14.1. The average Bonchev–Trinajstić information content (AvgIpc) is 3.59. The van der Waals surface area contributed by atoms with E-state index in [2.05, 4.69) is 53.6 Å². The van der Waals surface area contributed by atoms with Crippen molar-refractivity contribution in [2.24, 2.45) is 5.73 Å². The van der Waals surface area contributed by atoms with Crippen LogP contribution in [0.5, 0.6) is 0 Å². The Balaban J connectivity index is 1.82. The van der Waals surface area contributed by atoms with Gasteiger partial charge in [0.15, 0.2) is 11.7 Å². The Morgan fingerprint density at radius 2 is 1.83 bits per heavy atom. The molecule has 4 heterocycles. The normalized spacial score (nSPS) is 15.4. The first-order chi connectivity index (χ1) is 22.1. The lowest BCUT2D eigenvalue weighted by atomic mass is 9.87. The molecule has 1 unspecified atom stereocenters. The second-order valence-corrected chi connectivity index (χ2v) is 14.1. The third kappa shape index (κ3) is 6.68. The summed E-state index contributed by atoms with van der Waals surface area (Å²) in [6.07, 6.45) is 4.33. The van der Waals surface area contributed by atoms with Gasteiger partial charge < -0.3 is 15.6 Å². The number of nitrogens with zero attached hydrogens (tertiary/aromatic N) is 6. The minimum atomic E-state index is -1.34. The Morgan fingerprint density at radius 3 is 2.40 bits per heavy atom. The fraction of sp³-hybridized carbons (Fsp3) is 0.500. The van der Waals surface area contributed by atoms with Crippen molar-refractivity contribution in [1.29, 1.82) is 0 Å². The van der Waals surface area contributed by atoms with Crippen molar-refractivity contribution in [3.05, 3.63) is 53.0 Å². The third-order valence-electron chi connectivity index (χ3n) is 8.95. The number of fused-ring (bicyclic) bond motifs is 2. The second kappa shape index (κ2) is 13.2. The number of carboxylic acid groups (broad SMARTS) is 1. The van der Waals surface area contributed by atoms with E-state index in [1.54, 1.807) is 30.0 Å². The number of carbonyl (C=O) groups excluding carboxylic acids is 2. The molecule has 0 radical (unpaired) electrons. The van der Waals surface area contributed by atoms with E-state index in [9.17, 15) is 19.5 Å². The third-order valence-corrected chi connectivity index (χ3v) is 9.30. The first-order valence-corrected chi connectivity index (χ1v) is 16.6. The van der Waals surface area contributed by atoms with Crippen LogP contribution < -0.4 is 10.7 Å². The van der Waals surface area contributed by atoms with Gasteiger partial charge in [0, 0.05) is 22.9 Å². The lowest BCUT2D eigenvalue weighted by Crippen LogP contribution is -2.54. The zero-order valence-electron chi connectivity index (χ0n) is 28.1. The van der Waals surface area contributed by atoms with Crippen LogP contribution in [0.1, 0.15) is 81.5 Å². The number of carboxylic acids is 1. The predicted octanol–water partition coefficient (Wildman–Crippen LogP) is 5.01. The number of pyridine rings is 1. The Bertz CT molecular complexity index is 1830. The van der Waals surface area contributed by atoms with E-state index in [4.69, 9.17) is 10.5 Å². The largest absolute Gasteiger partial charge is 0.480 e. The van der Waals surface area contributed by atoms with Gasteiger partial charge in [-0.25, -0.2) is 23.8 Å². The predicted molar refractivity (Wildman–Crippen MR) is 185 cm³/mol. The quantitative estimate of drug-likeness (QED) is 0.212. The van der Waals surface area contributed by atoms with Gasteiger partial charge >= 0.3 is 12.1 Å². The Morgan fingerprint density at radius 1 is 1.15 bits per heavy atom. The van der Waals surface area contributed by atoms with Crippen LogP contribution in [-0.4, -0.2) is 84.3 Å². The molecule has 13 heteroatoms. The minimum absolute atomic E-state index is 0.0210. The molecule has 0 saturated carbocycles. The molecule has 0 bridgehead atoms. The van der Waals surface area contributed by atoms with Crippen LogP contribution in [-0.2, 0) is 14.3 Å². The molecular formula is C34H45N7O5S.